The lowest BCUT2D eigenvalue weighted by molar-refractivity contribution is 0.439. The predicted octanol–water partition coefficient (Wildman–Crippen LogP) is 1.68. The van der Waals surface area contributed by atoms with Crippen molar-refractivity contribution >= 4 is 10.0 Å². The Labute approximate surface area is 103 Å². The summed E-state index contributed by atoms with van der Waals surface area (Å²) in [6.45, 7) is 9.97. The maximum atomic E-state index is 12.2. The number of sulfonamides is 1. The molecule has 1 heterocycles. The van der Waals surface area contributed by atoms with Crippen LogP contribution in [0.1, 0.15) is 39.8 Å². The van der Waals surface area contributed by atoms with E-state index in [9.17, 15) is 8.42 Å². The van der Waals surface area contributed by atoms with Crippen LogP contribution < -0.4 is 4.72 Å². The van der Waals surface area contributed by atoms with Gasteiger partial charge >= 0.3 is 0 Å². The van der Waals surface area contributed by atoms with Crippen LogP contribution in [0.3, 0.4) is 0 Å². The molecule has 5 nitrogen and oxygen atoms in total. The summed E-state index contributed by atoms with van der Waals surface area (Å²) in [5.41, 5.74) is 0.0887. The Kier molecular flexibility index (Phi) is 3.99. The summed E-state index contributed by atoms with van der Waals surface area (Å²) >= 11 is 0. The summed E-state index contributed by atoms with van der Waals surface area (Å²) in [5.74, 6) is 0. The van der Waals surface area contributed by atoms with E-state index in [-0.39, 0.29) is 4.90 Å². The fourth-order valence-electron chi connectivity index (χ4n) is 1.42. The Balaban J connectivity index is 3.09. The molecule has 0 fully saturated rings. The molecule has 1 aromatic heterocycles. The third kappa shape index (κ3) is 3.29. The molecule has 0 amide bonds. The molecule has 0 aliphatic heterocycles. The molecule has 0 aliphatic carbocycles. The van der Waals surface area contributed by atoms with Gasteiger partial charge in [-0.15, -0.1) is 0 Å². The van der Waals surface area contributed by atoms with Gasteiger partial charge in [-0.2, -0.15) is 5.10 Å². The largest absolute Gasteiger partial charge is 0.271 e. The van der Waals surface area contributed by atoms with E-state index >= 15 is 0 Å². The van der Waals surface area contributed by atoms with Gasteiger partial charge < -0.3 is 0 Å². The lowest BCUT2D eigenvalue weighted by Gasteiger charge is -2.23. The zero-order chi connectivity index (χ0) is 13.3. The Morgan fingerprint density at radius 1 is 1.41 bits per heavy atom. The van der Waals surface area contributed by atoms with Gasteiger partial charge in [0.15, 0.2) is 0 Å². The van der Waals surface area contributed by atoms with Gasteiger partial charge in [-0.1, -0.05) is 6.92 Å². The molecule has 1 N–H and O–H groups in total. The first kappa shape index (κ1) is 14.2. The van der Waals surface area contributed by atoms with Crippen molar-refractivity contribution in [3.05, 3.63) is 11.9 Å². The Morgan fingerprint density at radius 3 is 2.41 bits per heavy atom. The minimum atomic E-state index is -3.48. The summed E-state index contributed by atoms with van der Waals surface area (Å²) in [7, 11) is -3.48. The van der Waals surface area contributed by atoms with Crippen molar-refractivity contribution in [1.29, 1.82) is 0 Å². The second-order valence-electron chi connectivity index (χ2n) is 4.78. The van der Waals surface area contributed by atoms with E-state index in [1.165, 1.54) is 0 Å². The minimum Gasteiger partial charge on any atom is -0.271 e. The molecule has 0 radical (unpaired) electrons. The van der Waals surface area contributed by atoms with Gasteiger partial charge in [0, 0.05) is 18.3 Å². The van der Waals surface area contributed by atoms with Crippen LogP contribution in [0.5, 0.6) is 0 Å². The predicted molar refractivity (Wildman–Crippen MR) is 67.3 cm³/mol. The average molecular weight is 259 g/mol. The number of rotatable bonds is 5. The normalized spacial score (nSPS) is 13.0. The molecule has 0 aliphatic rings. The molecule has 0 unspecified atom stereocenters. The van der Waals surface area contributed by atoms with Crippen LogP contribution in [0.25, 0.3) is 0 Å². The van der Waals surface area contributed by atoms with E-state index in [0.717, 1.165) is 6.42 Å². The monoisotopic (exact) mass is 259 g/mol. The molecule has 1 aromatic rings. The van der Waals surface area contributed by atoms with Gasteiger partial charge in [-0.05, 0) is 34.1 Å². The molecular weight excluding hydrogens is 238 g/mol. The fourth-order valence-corrected chi connectivity index (χ4v) is 3.09. The topological polar surface area (TPSA) is 64.0 Å². The van der Waals surface area contributed by atoms with Crippen LogP contribution in [0.4, 0.5) is 0 Å². The van der Waals surface area contributed by atoms with E-state index < -0.39 is 15.6 Å². The second-order valence-corrected chi connectivity index (χ2v) is 6.43. The Bertz CT molecular complexity index is 489. The van der Waals surface area contributed by atoms with Crippen molar-refractivity contribution < 1.29 is 8.42 Å². The van der Waals surface area contributed by atoms with E-state index in [1.807, 2.05) is 27.7 Å². The van der Waals surface area contributed by atoms with Crippen molar-refractivity contribution in [2.75, 3.05) is 0 Å². The van der Waals surface area contributed by atoms with E-state index in [2.05, 4.69) is 9.82 Å². The lowest BCUT2D eigenvalue weighted by Crippen LogP contribution is -2.42. The third-order valence-corrected chi connectivity index (χ3v) is 4.61. The number of aryl methyl sites for hydroxylation is 2. The summed E-state index contributed by atoms with van der Waals surface area (Å²) in [4.78, 5) is 0.265. The molecule has 1 rings (SSSR count). The number of nitrogens with zero attached hydrogens (tertiary/aromatic N) is 2. The first-order chi connectivity index (χ1) is 7.72. The van der Waals surface area contributed by atoms with Crippen molar-refractivity contribution in [2.24, 2.45) is 0 Å². The van der Waals surface area contributed by atoms with E-state index in [1.54, 1.807) is 17.8 Å². The maximum absolute atomic E-state index is 12.2. The molecular formula is C11H21N3O2S. The smallest absolute Gasteiger partial charge is 0.244 e. The lowest BCUT2D eigenvalue weighted by atomic mass is 10.0. The number of hydrogen-bond donors (Lipinski definition) is 1. The highest BCUT2D eigenvalue weighted by atomic mass is 32.2. The summed E-state index contributed by atoms with van der Waals surface area (Å²) < 4.78 is 28.7. The van der Waals surface area contributed by atoms with Crippen molar-refractivity contribution in [3.63, 3.8) is 0 Å². The van der Waals surface area contributed by atoms with Crippen molar-refractivity contribution in [3.8, 4) is 0 Å². The maximum Gasteiger partial charge on any atom is 0.244 e. The minimum absolute atomic E-state index is 0.265. The van der Waals surface area contributed by atoms with Crippen molar-refractivity contribution in [1.82, 2.24) is 14.5 Å². The quantitative estimate of drug-likeness (QED) is 0.875. The molecule has 0 saturated carbocycles. The highest BCUT2D eigenvalue weighted by molar-refractivity contribution is 7.89. The van der Waals surface area contributed by atoms with Crippen LogP contribution in [-0.2, 0) is 16.6 Å². The van der Waals surface area contributed by atoms with Gasteiger partial charge in [0.25, 0.3) is 0 Å². The number of hydrogen-bond acceptors (Lipinski definition) is 3. The van der Waals surface area contributed by atoms with Gasteiger partial charge in [0.1, 0.15) is 4.90 Å². The number of nitrogens with one attached hydrogen (secondary N) is 1. The van der Waals surface area contributed by atoms with Crippen LogP contribution >= 0.6 is 0 Å². The van der Waals surface area contributed by atoms with Crippen LogP contribution in [0.15, 0.2) is 11.1 Å². The Morgan fingerprint density at radius 2 is 2.00 bits per heavy atom. The van der Waals surface area contributed by atoms with Crippen LogP contribution in [0.2, 0.25) is 0 Å². The highest BCUT2D eigenvalue weighted by Crippen LogP contribution is 2.17. The van der Waals surface area contributed by atoms with Gasteiger partial charge in [0.2, 0.25) is 10.0 Å². The van der Waals surface area contributed by atoms with Crippen LogP contribution in [0, 0.1) is 6.92 Å². The van der Waals surface area contributed by atoms with E-state index in [0.29, 0.717) is 12.2 Å². The molecule has 0 atom stereocenters. The van der Waals surface area contributed by atoms with E-state index in [4.69, 9.17) is 0 Å². The summed E-state index contributed by atoms with van der Waals surface area (Å²) in [6.07, 6.45) is 2.30. The molecule has 0 aromatic carbocycles. The van der Waals surface area contributed by atoms with Gasteiger partial charge in [-0.3, -0.25) is 4.68 Å². The molecule has 0 saturated heterocycles. The molecule has 98 valence electrons. The van der Waals surface area contributed by atoms with Gasteiger partial charge in [-0.25, -0.2) is 13.1 Å². The zero-order valence-electron chi connectivity index (χ0n) is 11.1. The number of aromatic nitrogens is 2. The van der Waals surface area contributed by atoms with Gasteiger partial charge in [0.05, 0.1) is 5.69 Å². The highest BCUT2D eigenvalue weighted by Gasteiger charge is 2.27. The first-order valence-electron chi connectivity index (χ1n) is 5.80. The zero-order valence-corrected chi connectivity index (χ0v) is 11.9. The Hall–Kier alpha value is -0.880. The third-order valence-electron chi connectivity index (χ3n) is 2.81. The second kappa shape index (κ2) is 4.78. The van der Waals surface area contributed by atoms with Crippen molar-refractivity contribution in [2.45, 2.75) is 58.0 Å². The molecule has 17 heavy (non-hydrogen) atoms. The summed E-state index contributed by atoms with van der Waals surface area (Å²) in [5, 5.41) is 4.15. The first-order valence-corrected chi connectivity index (χ1v) is 7.28. The average Bonchev–Trinajstić information content (AvgIpc) is 2.59. The molecule has 0 spiro atoms. The molecule has 0 bridgehead atoms. The molecule has 6 heteroatoms. The standard InChI is InChI=1S/C11H21N3O2S/c1-6-11(4,5)13-17(15,16)10-8-14(7-2)12-9(10)3/h8,13H,6-7H2,1-5H3. The fraction of sp³-hybridized carbons (Fsp3) is 0.727. The summed E-state index contributed by atoms with van der Waals surface area (Å²) in [6, 6.07) is 0. The van der Waals surface area contributed by atoms with Crippen LogP contribution in [-0.4, -0.2) is 23.7 Å². The SMILES string of the molecule is CCn1cc(S(=O)(=O)NC(C)(C)CC)c(C)n1.